The zero-order chi connectivity index (χ0) is 12.5. The second-order valence-electron chi connectivity index (χ2n) is 5.14. The predicted octanol–water partition coefficient (Wildman–Crippen LogP) is 1.10. The first-order valence-electron chi connectivity index (χ1n) is 6.42. The van der Waals surface area contributed by atoms with Crippen LogP contribution in [-0.2, 0) is 4.74 Å². The van der Waals surface area contributed by atoms with Gasteiger partial charge in [-0.15, -0.1) is 0 Å². The molecular weight excluding hydrogens is 230 g/mol. The number of aliphatic hydroxyl groups excluding tert-OH is 1. The summed E-state index contributed by atoms with van der Waals surface area (Å²) in [4.78, 5) is 11.9. The molecule has 2 fully saturated rings. The van der Waals surface area contributed by atoms with Crippen LogP contribution in [0.1, 0.15) is 29.6 Å². The normalized spacial score (nSPS) is 34.3. The number of esters is 1. The summed E-state index contributed by atoms with van der Waals surface area (Å²) in [6.45, 7) is 0. The number of carbonyl (C=O) groups excluding carboxylic acids is 1. The fraction of sp³-hybridized carbons (Fsp3) is 0.500. The molecule has 0 aliphatic carbocycles. The summed E-state index contributed by atoms with van der Waals surface area (Å²) >= 11 is 0. The highest BCUT2D eigenvalue weighted by Gasteiger charge is 2.40. The first-order valence-corrected chi connectivity index (χ1v) is 6.42. The summed E-state index contributed by atoms with van der Waals surface area (Å²) in [7, 11) is 0. The van der Waals surface area contributed by atoms with Gasteiger partial charge < -0.3 is 15.2 Å². The van der Waals surface area contributed by atoms with Gasteiger partial charge in [0.1, 0.15) is 6.10 Å². The molecular formula is C14H17NO3. The molecule has 3 rings (SSSR count). The van der Waals surface area contributed by atoms with Crippen LogP contribution >= 0.6 is 0 Å². The van der Waals surface area contributed by atoms with Gasteiger partial charge in [0.05, 0.1) is 11.7 Å². The van der Waals surface area contributed by atoms with Crippen LogP contribution in [0.3, 0.4) is 0 Å². The van der Waals surface area contributed by atoms with Crippen molar-refractivity contribution >= 4 is 5.97 Å². The Morgan fingerprint density at radius 1 is 1.22 bits per heavy atom. The molecule has 2 aliphatic rings. The zero-order valence-corrected chi connectivity index (χ0v) is 10.1. The van der Waals surface area contributed by atoms with Gasteiger partial charge in [0.15, 0.2) is 0 Å². The van der Waals surface area contributed by atoms with E-state index in [4.69, 9.17) is 4.74 Å². The van der Waals surface area contributed by atoms with E-state index in [-0.39, 0.29) is 30.3 Å². The third-order valence-electron chi connectivity index (χ3n) is 3.79. The number of aliphatic hydroxyl groups is 1. The SMILES string of the molecule is O=C(O[C@@H]1C[C@@H]2C[C@@H](O)[C@H](C1)N2)c1ccccc1. The summed E-state index contributed by atoms with van der Waals surface area (Å²) in [5.74, 6) is -0.267. The number of piperidine rings is 1. The highest BCUT2D eigenvalue weighted by Crippen LogP contribution is 2.29. The molecule has 96 valence electrons. The van der Waals surface area contributed by atoms with Crippen LogP contribution in [-0.4, -0.2) is 35.4 Å². The van der Waals surface area contributed by atoms with Crippen molar-refractivity contribution in [2.45, 2.75) is 43.6 Å². The first-order chi connectivity index (χ1) is 8.72. The molecule has 2 saturated heterocycles. The van der Waals surface area contributed by atoms with Gasteiger partial charge >= 0.3 is 5.97 Å². The second-order valence-corrected chi connectivity index (χ2v) is 5.14. The van der Waals surface area contributed by atoms with Gasteiger partial charge in [-0.25, -0.2) is 4.79 Å². The Kier molecular flexibility index (Phi) is 3.06. The molecule has 4 atom stereocenters. The van der Waals surface area contributed by atoms with Gasteiger partial charge in [-0.3, -0.25) is 0 Å². The van der Waals surface area contributed by atoms with E-state index in [1.165, 1.54) is 0 Å². The van der Waals surface area contributed by atoms with Gasteiger partial charge in [0.2, 0.25) is 0 Å². The number of carbonyl (C=O) groups is 1. The largest absolute Gasteiger partial charge is 0.459 e. The molecule has 2 heterocycles. The summed E-state index contributed by atoms with van der Waals surface area (Å²) < 4.78 is 5.52. The molecule has 0 spiro atoms. The molecule has 0 saturated carbocycles. The number of rotatable bonds is 2. The molecule has 0 unspecified atom stereocenters. The van der Waals surface area contributed by atoms with E-state index in [2.05, 4.69) is 5.32 Å². The van der Waals surface area contributed by atoms with Crippen LogP contribution in [0.5, 0.6) is 0 Å². The zero-order valence-electron chi connectivity index (χ0n) is 10.1. The average molecular weight is 247 g/mol. The van der Waals surface area contributed by atoms with Crippen LogP contribution in [0, 0.1) is 0 Å². The lowest BCUT2D eigenvalue weighted by molar-refractivity contribution is 0.0147. The van der Waals surface area contributed by atoms with E-state index in [1.54, 1.807) is 12.1 Å². The maximum Gasteiger partial charge on any atom is 0.338 e. The van der Waals surface area contributed by atoms with Gasteiger partial charge in [0, 0.05) is 18.5 Å². The third kappa shape index (κ3) is 2.26. The Morgan fingerprint density at radius 2 is 2.00 bits per heavy atom. The summed E-state index contributed by atoms with van der Waals surface area (Å²) in [6.07, 6.45) is 1.90. The van der Waals surface area contributed by atoms with E-state index in [9.17, 15) is 9.90 Å². The molecule has 2 N–H and O–H groups in total. The van der Waals surface area contributed by atoms with Gasteiger partial charge in [0.25, 0.3) is 0 Å². The molecule has 1 aromatic carbocycles. The lowest BCUT2D eigenvalue weighted by Crippen LogP contribution is -2.44. The monoisotopic (exact) mass is 247 g/mol. The average Bonchev–Trinajstić information content (AvgIpc) is 2.64. The molecule has 0 radical (unpaired) electrons. The first kappa shape index (κ1) is 11.7. The molecule has 4 nitrogen and oxygen atoms in total. The molecule has 1 aromatic rings. The van der Waals surface area contributed by atoms with Gasteiger partial charge in [-0.1, -0.05) is 18.2 Å². The number of hydrogen-bond acceptors (Lipinski definition) is 4. The third-order valence-corrected chi connectivity index (χ3v) is 3.79. The Hall–Kier alpha value is -1.39. The number of benzene rings is 1. The van der Waals surface area contributed by atoms with Crippen molar-refractivity contribution in [2.75, 3.05) is 0 Å². The van der Waals surface area contributed by atoms with Crippen LogP contribution < -0.4 is 5.32 Å². The van der Waals surface area contributed by atoms with Crippen LogP contribution in [0.15, 0.2) is 30.3 Å². The Balaban J connectivity index is 1.63. The van der Waals surface area contributed by atoms with Crippen molar-refractivity contribution in [3.63, 3.8) is 0 Å². The number of hydrogen-bond donors (Lipinski definition) is 2. The van der Waals surface area contributed by atoms with Crippen molar-refractivity contribution in [1.82, 2.24) is 5.32 Å². The highest BCUT2D eigenvalue weighted by molar-refractivity contribution is 5.89. The summed E-state index contributed by atoms with van der Waals surface area (Å²) in [5.41, 5.74) is 0.587. The van der Waals surface area contributed by atoms with E-state index < -0.39 is 0 Å². The van der Waals surface area contributed by atoms with Crippen molar-refractivity contribution < 1.29 is 14.6 Å². The van der Waals surface area contributed by atoms with Crippen molar-refractivity contribution in [3.8, 4) is 0 Å². The van der Waals surface area contributed by atoms with Crippen molar-refractivity contribution in [2.24, 2.45) is 0 Å². The summed E-state index contributed by atoms with van der Waals surface area (Å²) in [6, 6.07) is 9.40. The van der Waals surface area contributed by atoms with Crippen LogP contribution in [0.25, 0.3) is 0 Å². The number of nitrogens with one attached hydrogen (secondary N) is 1. The van der Waals surface area contributed by atoms with E-state index in [0.717, 1.165) is 12.8 Å². The van der Waals surface area contributed by atoms with Crippen molar-refractivity contribution in [1.29, 1.82) is 0 Å². The van der Waals surface area contributed by atoms with Crippen LogP contribution in [0.4, 0.5) is 0 Å². The molecule has 2 bridgehead atoms. The fourth-order valence-electron chi connectivity index (χ4n) is 2.91. The Bertz CT molecular complexity index is 432. The van der Waals surface area contributed by atoms with Crippen LogP contribution in [0.2, 0.25) is 0 Å². The highest BCUT2D eigenvalue weighted by atomic mass is 16.5. The minimum absolute atomic E-state index is 0.0777. The van der Waals surface area contributed by atoms with Gasteiger partial charge in [-0.2, -0.15) is 0 Å². The standard InChI is InChI=1S/C14H17NO3/c16-13-7-10-6-11(8-12(13)15-10)18-14(17)9-4-2-1-3-5-9/h1-5,10-13,15-16H,6-8H2/t10-,11-,12+,13-/m1/s1. The number of ether oxygens (including phenoxy) is 1. The minimum Gasteiger partial charge on any atom is -0.459 e. The van der Waals surface area contributed by atoms with Crippen molar-refractivity contribution in [3.05, 3.63) is 35.9 Å². The smallest absolute Gasteiger partial charge is 0.338 e. The molecule has 0 aromatic heterocycles. The Morgan fingerprint density at radius 3 is 2.72 bits per heavy atom. The maximum absolute atomic E-state index is 11.9. The topological polar surface area (TPSA) is 58.6 Å². The lowest BCUT2D eigenvalue weighted by Gasteiger charge is -2.29. The molecule has 4 heteroatoms. The maximum atomic E-state index is 11.9. The fourth-order valence-corrected chi connectivity index (χ4v) is 2.91. The minimum atomic E-state index is -0.296. The Labute approximate surface area is 106 Å². The van der Waals surface area contributed by atoms with E-state index in [1.807, 2.05) is 18.2 Å². The summed E-state index contributed by atoms with van der Waals surface area (Å²) in [5, 5.41) is 13.1. The molecule has 2 aliphatic heterocycles. The second kappa shape index (κ2) is 4.71. The quantitative estimate of drug-likeness (QED) is 0.768. The van der Waals surface area contributed by atoms with Gasteiger partial charge in [-0.05, 0) is 25.0 Å². The number of fused-ring (bicyclic) bond motifs is 2. The predicted molar refractivity (Wildman–Crippen MR) is 66.2 cm³/mol. The van der Waals surface area contributed by atoms with E-state index in [0.29, 0.717) is 12.0 Å². The molecule has 18 heavy (non-hydrogen) atoms. The molecule has 0 amide bonds. The van der Waals surface area contributed by atoms with E-state index >= 15 is 0 Å². The lowest BCUT2D eigenvalue weighted by atomic mass is 10.0.